The van der Waals surface area contributed by atoms with E-state index in [4.69, 9.17) is 0 Å². The van der Waals surface area contributed by atoms with Gasteiger partial charge in [0, 0.05) is 0 Å². The molecule has 0 aromatic heterocycles. The highest BCUT2D eigenvalue weighted by atomic mass is 19.4. The van der Waals surface area contributed by atoms with E-state index in [0.29, 0.717) is 11.6 Å². The van der Waals surface area contributed by atoms with Crippen LogP contribution in [0.25, 0.3) is 11.1 Å². The Morgan fingerprint density at radius 2 is 1.73 bits per heavy atom. The SMILES string of the molecule is COC(=O)c1cc(-c2ccc(C)c(F)c2)cc(C(F)(F)F)c1. The first kappa shape index (κ1) is 16.0. The van der Waals surface area contributed by atoms with Crippen LogP contribution in [-0.4, -0.2) is 13.1 Å². The van der Waals surface area contributed by atoms with Crippen LogP contribution in [-0.2, 0) is 10.9 Å². The zero-order chi connectivity index (χ0) is 16.5. The van der Waals surface area contributed by atoms with Crippen LogP contribution in [0.2, 0.25) is 0 Å². The molecule has 0 heterocycles. The van der Waals surface area contributed by atoms with E-state index in [2.05, 4.69) is 4.74 Å². The van der Waals surface area contributed by atoms with Gasteiger partial charge in [0.05, 0.1) is 18.2 Å². The summed E-state index contributed by atoms with van der Waals surface area (Å²) in [6.07, 6.45) is -4.62. The summed E-state index contributed by atoms with van der Waals surface area (Å²) in [5, 5.41) is 0. The van der Waals surface area contributed by atoms with E-state index in [1.807, 2.05) is 0 Å². The third-order valence-electron chi connectivity index (χ3n) is 3.19. The van der Waals surface area contributed by atoms with Crippen molar-refractivity contribution in [2.75, 3.05) is 7.11 Å². The normalized spacial score (nSPS) is 11.4. The summed E-state index contributed by atoms with van der Waals surface area (Å²) in [7, 11) is 1.08. The number of hydrogen-bond acceptors (Lipinski definition) is 2. The number of ether oxygens (including phenoxy) is 1. The number of rotatable bonds is 2. The van der Waals surface area contributed by atoms with Crippen molar-refractivity contribution >= 4 is 5.97 Å². The average Bonchev–Trinajstić information content (AvgIpc) is 2.47. The maximum Gasteiger partial charge on any atom is 0.416 e. The molecule has 0 unspecified atom stereocenters. The summed E-state index contributed by atoms with van der Waals surface area (Å²) in [5.41, 5.74) is -0.517. The fraction of sp³-hybridized carbons (Fsp3) is 0.188. The van der Waals surface area contributed by atoms with E-state index in [1.54, 1.807) is 6.92 Å². The van der Waals surface area contributed by atoms with E-state index in [-0.39, 0.29) is 16.7 Å². The lowest BCUT2D eigenvalue weighted by Crippen LogP contribution is -2.09. The molecule has 2 nitrogen and oxygen atoms in total. The van der Waals surface area contributed by atoms with E-state index >= 15 is 0 Å². The summed E-state index contributed by atoms with van der Waals surface area (Å²) >= 11 is 0. The van der Waals surface area contributed by atoms with Crippen molar-refractivity contribution in [1.82, 2.24) is 0 Å². The van der Waals surface area contributed by atoms with Crippen LogP contribution in [0.4, 0.5) is 17.6 Å². The van der Waals surface area contributed by atoms with Crippen molar-refractivity contribution in [2.45, 2.75) is 13.1 Å². The molecule has 0 aliphatic heterocycles. The molecule has 116 valence electrons. The Morgan fingerprint density at radius 1 is 1.05 bits per heavy atom. The van der Waals surface area contributed by atoms with Gasteiger partial charge >= 0.3 is 12.1 Å². The number of benzene rings is 2. The standard InChI is InChI=1S/C16H12F4O2/c1-9-3-4-10(8-14(9)17)11-5-12(15(21)22-2)7-13(6-11)16(18,19)20/h3-8H,1-2H3. The zero-order valence-electron chi connectivity index (χ0n) is 11.8. The van der Waals surface area contributed by atoms with Gasteiger partial charge in [-0.05, 0) is 47.9 Å². The van der Waals surface area contributed by atoms with Gasteiger partial charge in [0.15, 0.2) is 0 Å². The Labute approximate surface area is 124 Å². The summed E-state index contributed by atoms with van der Waals surface area (Å²) in [4.78, 5) is 11.5. The number of halogens is 4. The van der Waals surface area contributed by atoms with Crippen molar-refractivity contribution in [3.8, 4) is 11.1 Å². The number of esters is 1. The first-order valence-corrected chi connectivity index (χ1v) is 6.29. The number of methoxy groups -OCH3 is 1. The van der Waals surface area contributed by atoms with Gasteiger partial charge in [-0.3, -0.25) is 0 Å². The molecule has 0 atom stereocenters. The number of hydrogen-bond donors (Lipinski definition) is 0. The van der Waals surface area contributed by atoms with Gasteiger partial charge in [-0.15, -0.1) is 0 Å². The van der Waals surface area contributed by atoms with Crippen LogP contribution in [0.3, 0.4) is 0 Å². The smallest absolute Gasteiger partial charge is 0.416 e. The summed E-state index contributed by atoms with van der Waals surface area (Å²) in [5.74, 6) is -1.42. The Bertz CT molecular complexity index is 721. The van der Waals surface area contributed by atoms with Gasteiger partial charge in [-0.1, -0.05) is 12.1 Å². The Hall–Kier alpha value is -2.37. The maximum atomic E-state index is 13.6. The lowest BCUT2D eigenvalue weighted by molar-refractivity contribution is -0.137. The third kappa shape index (κ3) is 3.27. The molecule has 0 N–H and O–H groups in total. The van der Waals surface area contributed by atoms with Crippen LogP contribution in [0.15, 0.2) is 36.4 Å². The Balaban J connectivity index is 2.64. The number of aryl methyl sites for hydroxylation is 1. The molecule has 6 heteroatoms. The molecule has 0 aliphatic rings. The molecular weight excluding hydrogens is 300 g/mol. The molecule has 2 rings (SSSR count). The van der Waals surface area contributed by atoms with Crippen LogP contribution in [0.1, 0.15) is 21.5 Å². The van der Waals surface area contributed by atoms with Crippen LogP contribution >= 0.6 is 0 Å². The topological polar surface area (TPSA) is 26.3 Å². The second-order valence-electron chi connectivity index (χ2n) is 4.75. The predicted molar refractivity (Wildman–Crippen MR) is 72.9 cm³/mol. The highest BCUT2D eigenvalue weighted by molar-refractivity contribution is 5.91. The summed E-state index contributed by atoms with van der Waals surface area (Å²) < 4.78 is 56.9. The minimum atomic E-state index is -4.62. The molecule has 0 fully saturated rings. The number of carbonyl (C=O) groups excluding carboxylic acids is 1. The lowest BCUT2D eigenvalue weighted by atomic mass is 9.98. The Morgan fingerprint density at radius 3 is 2.27 bits per heavy atom. The summed E-state index contributed by atoms with van der Waals surface area (Å²) in [6, 6.07) is 6.91. The van der Waals surface area contributed by atoms with Gasteiger partial charge in [0.1, 0.15) is 5.82 Å². The molecule has 0 radical (unpaired) electrons. The van der Waals surface area contributed by atoms with Crippen LogP contribution in [0, 0.1) is 12.7 Å². The number of carbonyl (C=O) groups is 1. The first-order chi connectivity index (χ1) is 10.2. The largest absolute Gasteiger partial charge is 0.465 e. The maximum absolute atomic E-state index is 13.6. The van der Waals surface area contributed by atoms with Crippen molar-refractivity contribution < 1.29 is 27.1 Å². The summed E-state index contributed by atoms with van der Waals surface area (Å²) in [6.45, 7) is 1.55. The highest BCUT2D eigenvalue weighted by Crippen LogP contribution is 2.34. The van der Waals surface area contributed by atoms with Gasteiger partial charge in [-0.25, -0.2) is 9.18 Å². The molecule has 0 amide bonds. The molecule has 0 bridgehead atoms. The van der Waals surface area contributed by atoms with Gasteiger partial charge in [-0.2, -0.15) is 13.2 Å². The van der Waals surface area contributed by atoms with Gasteiger partial charge in [0.2, 0.25) is 0 Å². The van der Waals surface area contributed by atoms with Gasteiger partial charge < -0.3 is 4.74 Å². The molecule has 0 aliphatic carbocycles. The monoisotopic (exact) mass is 312 g/mol. The van der Waals surface area contributed by atoms with Crippen molar-refractivity contribution in [3.05, 3.63) is 58.9 Å². The fourth-order valence-corrected chi connectivity index (χ4v) is 1.97. The predicted octanol–water partition coefficient (Wildman–Crippen LogP) is 4.61. The molecule has 2 aromatic carbocycles. The second-order valence-corrected chi connectivity index (χ2v) is 4.75. The number of alkyl halides is 3. The molecule has 0 saturated carbocycles. The molecule has 2 aromatic rings. The minimum Gasteiger partial charge on any atom is -0.465 e. The van der Waals surface area contributed by atoms with E-state index in [0.717, 1.165) is 19.2 Å². The van der Waals surface area contributed by atoms with E-state index in [9.17, 15) is 22.4 Å². The van der Waals surface area contributed by atoms with E-state index < -0.39 is 23.5 Å². The minimum absolute atomic E-state index is 0.0918. The molecule has 0 spiro atoms. The lowest BCUT2D eigenvalue weighted by Gasteiger charge is -2.12. The van der Waals surface area contributed by atoms with Crippen LogP contribution < -0.4 is 0 Å². The zero-order valence-corrected chi connectivity index (χ0v) is 11.8. The quantitative estimate of drug-likeness (QED) is 0.598. The van der Waals surface area contributed by atoms with Crippen molar-refractivity contribution in [1.29, 1.82) is 0 Å². The molecule has 22 heavy (non-hydrogen) atoms. The second kappa shape index (κ2) is 5.79. The van der Waals surface area contributed by atoms with Crippen molar-refractivity contribution in [2.24, 2.45) is 0 Å². The molecular formula is C16H12F4O2. The third-order valence-corrected chi connectivity index (χ3v) is 3.19. The Kier molecular flexibility index (Phi) is 4.21. The first-order valence-electron chi connectivity index (χ1n) is 6.29. The fourth-order valence-electron chi connectivity index (χ4n) is 1.97. The van der Waals surface area contributed by atoms with Gasteiger partial charge in [0.25, 0.3) is 0 Å². The highest BCUT2D eigenvalue weighted by Gasteiger charge is 2.32. The molecule has 0 saturated heterocycles. The van der Waals surface area contributed by atoms with Crippen LogP contribution in [0.5, 0.6) is 0 Å². The average molecular weight is 312 g/mol. The van der Waals surface area contributed by atoms with Crippen molar-refractivity contribution in [3.63, 3.8) is 0 Å². The van der Waals surface area contributed by atoms with E-state index in [1.165, 1.54) is 18.2 Å².